The summed E-state index contributed by atoms with van der Waals surface area (Å²) in [6.45, 7) is 3.90. The smallest absolute Gasteiger partial charge is 0.372 e. The quantitative estimate of drug-likeness (QED) is 0.0499. The second kappa shape index (κ2) is 14.8. The van der Waals surface area contributed by atoms with Gasteiger partial charge in [0.1, 0.15) is 24.2 Å². The Balaban J connectivity index is 1.48. The molecule has 0 fully saturated rings. The van der Waals surface area contributed by atoms with Crippen LogP contribution in [-0.2, 0) is 13.0 Å². The number of aromatic nitrogens is 3. The molecule has 0 aliphatic carbocycles. The molecule has 45 heavy (non-hydrogen) atoms. The van der Waals surface area contributed by atoms with E-state index >= 15 is 4.39 Å². The van der Waals surface area contributed by atoms with Gasteiger partial charge in [-0.3, -0.25) is 9.98 Å². The number of rotatable bonds is 14. The number of nitrogens with one attached hydrogen (secondary N) is 4. The number of hydrogen-bond acceptors (Lipinski definition) is 5. The van der Waals surface area contributed by atoms with Crippen LogP contribution in [0.3, 0.4) is 0 Å². The summed E-state index contributed by atoms with van der Waals surface area (Å²) in [6.07, 6.45) is -0.495. The van der Waals surface area contributed by atoms with Crippen LogP contribution in [0.2, 0.25) is 5.02 Å². The Kier molecular flexibility index (Phi) is 11.1. The second-order valence-corrected chi connectivity index (χ2v) is 11.0. The lowest BCUT2D eigenvalue weighted by molar-refractivity contribution is -0.149. The molecule has 0 spiro atoms. The van der Waals surface area contributed by atoms with E-state index < -0.39 is 30.4 Å². The minimum absolute atomic E-state index is 0.0605. The van der Waals surface area contributed by atoms with E-state index in [0.29, 0.717) is 41.8 Å². The van der Waals surface area contributed by atoms with Crippen molar-refractivity contribution in [3.05, 3.63) is 93.8 Å². The topological polar surface area (TPSA) is 125 Å². The summed E-state index contributed by atoms with van der Waals surface area (Å²) in [6, 6.07) is 9.73. The Morgan fingerprint density at radius 2 is 1.91 bits per heavy atom. The largest absolute Gasteiger partial charge is 0.403 e. The van der Waals surface area contributed by atoms with Crippen LogP contribution in [0.15, 0.2) is 66.1 Å². The number of hydrogen-bond donors (Lipinski definition) is 5. The van der Waals surface area contributed by atoms with Gasteiger partial charge in [-0.05, 0) is 67.1 Å². The van der Waals surface area contributed by atoms with Crippen LogP contribution in [0.5, 0.6) is 0 Å². The van der Waals surface area contributed by atoms with Crippen LogP contribution in [0.4, 0.5) is 22.0 Å². The Morgan fingerprint density at radius 1 is 1.18 bits per heavy atom. The van der Waals surface area contributed by atoms with E-state index in [2.05, 4.69) is 27.2 Å². The number of H-pyrrole nitrogens is 1. The first-order chi connectivity index (χ1) is 21.4. The number of nitrogens with two attached hydrogens (primary N) is 1. The molecule has 4 rings (SSSR count). The standard InChI is InChI=1S/C31H33ClF5N7O/c1-2-21(10-11-40-27(39)15-33)41-16-18-6-8-22(9-7-18)44-17-20-14-25(42-29(20)43-30(44)45)23-12-19(13-24(32)28(23)34)4-3-5-26(38)31(35,36)37/h2,6-9,12-14,17,21,26,41H,1,3-5,10-11,15-16,38H2,(H2,39,40)(H,42,43,45)/t21-,26-/m1/s1. The molecular weight excluding hydrogens is 617 g/mol. The zero-order valence-electron chi connectivity index (χ0n) is 24.2. The van der Waals surface area contributed by atoms with Gasteiger partial charge in [-0.25, -0.2) is 13.6 Å². The lowest BCUT2D eigenvalue weighted by Gasteiger charge is -2.16. The molecule has 14 heteroatoms. The monoisotopic (exact) mass is 649 g/mol. The lowest BCUT2D eigenvalue weighted by Crippen LogP contribution is -2.37. The third-order valence-corrected chi connectivity index (χ3v) is 7.56. The Hall–Kier alpha value is -4.07. The van der Waals surface area contributed by atoms with Crippen molar-refractivity contribution in [1.29, 1.82) is 5.41 Å². The van der Waals surface area contributed by atoms with Crippen molar-refractivity contribution in [2.24, 2.45) is 5.73 Å². The predicted molar refractivity (Wildman–Crippen MR) is 166 cm³/mol. The first-order valence-electron chi connectivity index (χ1n) is 14.1. The molecule has 240 valence electrons. The highest BCUT2D eigenvalue weighted by molar-refractivity contribution is 6.31. The van der Waals surface area contributed by atoms with E-state index in [4.69, 9.17) is 22.7 Å². The highest BCUT2D eigenvalue weighted by Crippen LogP contribution is 2.32. The SMILES string of the molecule is C=C[C@H](CCNC(=N)CF)NCc1ccc(-n2cc3cc(-c4cc(CCC[C@@H](N)C(F)(F)F)cc(Cl)c4F)[nH]c3nc2=O)cc1. The Morgan fingerprint density at radius 3 is 2.58 bits per heavy atom. The molecule has 0 radical (unpaired) electrons. The summed E-state index contributed by atoms with van der Waals surface area (Å²) < 4.78 is 67.1. The fraction of sp³-hybridized carbons (Fsp3) is 0.323. The predicted octanol–water partition coefficient (Wildman–Crippen LogP) is 5.96. The Labute approximate surface area is 261 Å². The number of nitrogens with zero attached hydrogens (tertiary/aromatic N) is 2. The van der Waals surface area contributed by atoms with Crippen LogP contribution < -0.4 is 22.1 Å². The van der Waals surface area contributed by atoms with Gasteiger partial charge in [0.2, 0.25) is 0 Å². The average Bonchev–Trinajstić information content (AvgIpc) is 3.42. The summed E-state index contributed by atoms with van der Waals surface area (Å²) >= 11 is 6.12. The average molecular weight is 650 g/mol. The number of aryl methyl sites for hydroxylation is 1. The normalized spacial score (nSPS) is 13.1. The minimum atomic E-state index is -4.49. The zero-order chi connectivity index (χ0) is 32.7. The maximum atomic E-state index is 15.1. The molecule has 0 amide bonds. The molecule has 6 N–H and O–H groups in total. The van der Waals surface area contributed by atoms with Gasteiger partial charge in [-0.15, -0.1) is 6.58 Å². The highest BCUT2D eigenvalue weighted by Gasteiger charge is 2.35. The van der Waals surface area contributed by atoms with Gasteiger partial charge in [0.05, 0.1) is 16.4 Å². The third kappa shape index (κ3) is 8.77. The summed E-state index contributed by atoms with van der Waals surface area (Å²) in [5, 5.41) is 13.7. The van der Waals surface area contributed by atoms with Gasteiger partial charge in [-0.2, -0.15) is 18.2 Å². The molecule has 0 saturated carbocycles. The number of fused-ring (bicyclic) bond motifs is 1. The molecule has 8 nitrogen and oxygen atoms in total. The molecule has 4 aromatic rings. The molecule has 0 saturated heterocycles. The zero-order valence-corrected chi connectivity index (χ0v) is 24.9. The molecule has 0 aliphatic heterocycles. The second-order valence-electron chi connectivity index (χ2n) is 10.6. The number of alkyl halides is 4. The maximum absolute atomic E-state index is 15.1. The van der Waals surface area contributed by atoms with Crippen molar-refractivity contribution < 1.29 is 22.0 Å². The molecule has 0 aliphatic rings. The van der Waals surface area contributed by atoms with E-state index in [1.165, 1.54) is 16.7 Å². The van der Waals surface area contributed by atoms with Crippen molar-refractivity contribution in [2.45, 2.75) is 50.5 Å². The fourth-order valence-corrected chi connectivity index (χ4v) is 4.99. The number of benzene rings is 2. The Bertz CT molecular complexity index is 1700. The molecule has 2 heterocycles. The van der Waals surface area contributed by atoms with Crippen molar-refractivity contribution in [2.75, 3.05) is 13.2 Å². The van der Waals surface area contributed by atoms with Crippen molar-refractivity contribution in [3.8, 4) is 16.9 Å². The van der Waals surface area contributed by atoms with Crippen LogP contribution in [0.25, 0.3) is 28.0 Å². The molecule has 2 atom stereocenters. The van der Waals surface area contributed by atoms with Crippen LogP contribution in [-0.4, -0.2) is 51.9 Å². The van der Waals surface area contributed by atoms with Crippen molar-refractivity contribution >= 4 is 28.5 Å². The first kappa shape index (κ1) is 33.8. The fourth-order valence-electron chi connectivity index (χ4n) is 4.75. The summed E-state index contributed by atoms with van der Waals surface area (Å²) in [4.78, 5) is 19.9. The van der Waals surface area contributed by atoms with Gasteiger partial charge in [-0.1, -0.05) is 29.8 Å². The maximum Gasteiger partial charge on any atom is 0.403 e. The van der Waals surface area contributed by atoms with E-state index in [0.717, 1.165) is 5.56 Å². The van der Waals surface area contributed by atoms with Gasteiger partial charge in [0.25, 0.3) is 0 Å². The number of halogens is 6. The van der Waals surface area contributed by atoms with Gasteiger partial charge < -0.3 is 21.4 Å². The number of amidine groups is 1. The van der Waals surface area contributed by atoms with Crippen LogP contribution in [0, 0.1) is 11.2 Å². The summed E-state index contributed by atoms with van der Waals surface area (Å²) in [5.41, 5.74) is 7.30. The third-order valence-electron chi connectivity index (χ3n) is 7.28. The van der Waals surface area contributed by atoms with E-state index in [1.54, 1.807) is 30.5 Å². The van der Waals surface area contributed by atoms with Crippen LogP contribution in [0.1, 0.15) is 30.4 Å². The molecular formula is C31H33ClF5N7O. The molecule has 0 unspecified atom stereocenters. The van der Waals surface area contributed by atoms with Crippen LogP contribution >= 0.6 is 11.6 Å². The van der Waals surface area contributed by atoms with Crippen molar-refractivity contribution in [3.63, 3.8) is 0 Å². The van der Waals surface area contributed by atoms with E-state index in [1.807, 2.05) is 12.1 Å². The lowest BCUT2D eigenvalue weighted by atomic mass is 10.0. The molecule has 2 aromatic carbocycles. The summed E-state index contributed by atoms with van der Waals surface area (Å²) in [5.74, 6) is -0.882. The summed E-state index contributed by atoms with van der Waals surface area (Å²) in [7, 11) is 0. The minimum Gasteiger partial charge on any atom is -0.372 e. The number of aromatic amines is 1. The highest BCUT2D eigenvalue weighted by atomic mass is 35.5. The van der Waals surface area contributed by atoms with E-state index in [9.17, 15) is 22.4 Å². The van der Waals surface area contributed by atoms with Crippen molar-refractivity contribution in [1.82, 2.24) is 25.2 Å². The molecule has 0 bridgehead atoms. The van der Waals surface area contributed by atoms with Gasteiger partial charge in [0, 0.05) is 36.3 Å². The van der Waals surface area contributed by atoms with Gasteiger partial charge in [0.15, 0.2) is 5.82 Å². The van der Waals surface area contributed by atoms with Gasteiger partial charge >= 0.3 is 11.9 Å². The van der Waals surface area contributed by atoms with E-state index in [-0.39, 0.29) is 47.4 Å². The molecule has 2 aromatic heterocycles. The first-order valence-corrected chi connectivity index (χ1v) is 14.5.